The van der Waals surface area contributed by atoms with Gasteiger partial charge < -0.3 is 20.3 Å². The number of hydrogen-bond acceptors (Lipinski definition) is 3. The molecule has 30 heavy (non-hydrogen) atoms. The first-order valence-electron chi connectivity index (χ1n) is 10.5. The topological polar surface area (TPSA) is 70.7 Å². The number of ether oxygens (including phenoxy) is 1. The van der Waals surface area contributed by atoms with Crippen molar-refractivity contribution in [1.82, 2.24) is 10.2 Å². The van der Waals surface area contributed by atoms with Gasteiger partial charge in [-0.1, -0.05) is 26.0 Å². The first-order chi connectivity index (χ1) is 14.4. The fraction of sp³-hybridized carbons (Fsp3) is 0.417. The van der Waals surface area contributed by atoms with E-state index < -0.39 is 0 Å². The van der Waals surface area contributed by atoms with Crippen molar-refractivity contribution in [2.24, 2.45) is 5.92 Å². The van der Waals surface area contributed by atoms with Crippen molar-refractivity contribution in [1.29, 1.82) is 0 Å². The molecule has 2 aromatic rings. The first kappa shape index (κ1) is 21.7. The molecule has 1 aliphatic rings. The number of nitrogens with zero attached hydrogens (tertiary/aromatic N) is 1. The molecule has 1 heterocycles. The van der Waals surface area contributed by atoms with Crippen LogP contribution in [0.15, 0.2) is 42.5 Å². The molecular formula is C24H31N3O3. The molecule has 2 aromatic carbocycles. The van der Waals surface area contributed by atoms with Gasteiger partial charge in [0, 0.05) is 36.8 Å². The minimum absolute atomic E-state index is 0.0912. The van der Waals surface area contributed by atoms with E-state index in [1.54, 1.807) is 19.2 Å². The Labute approximate surface area is 178 Å². The lowest BCUT2D eigenvalue weighted by Gasteiger charge is -2.19. The van der Waals surface area contributed by atoms with E-state index in [2.05, 4.69) is 36.6 Å². The molecule has 6 nitrogen and oxygen atoms in total. The zero-order valence-electron chi connectivity index (χ0n) is 18.2. The van der Waals surface area contributed by atoms with E-state index in [0.29, 0.717) is 30.5 Å². The van der Waals surface area contributed by atoms with E-state index in [1.165, 1.54) is 5.56 Å². The normalized spacial score (nSPS) is 15.9. The number of carbonyl (C=O) groups excluding carboxylic acids is 2. The highest BCUT2D eigenvalue weighted by atomic mass is 16.5. The van der Waals surface area contributed by atoms with Gasteiger partial charge in [-0.25, -0.2) is 4.79 Å². The van der Waals surface area contributed by atoms with Crippen LogP contribution in [0.4, 0.5) is 10.5 Å². The molecule has 1 aliphatic heterocycles. The molecule has 0 spiro atoms. The van der Waals surface area contributed by atoms with E-state index in [9.17, 15) is 9.59 Å². The summed E-state index contributed by atoms with van der Waals surface area (Å²) in [6.07, 6.45) is 0.938. The van der Waals surface area contributed by atoms with Gasteiger partial charge >= 0.3 is 6.03 Å². The summed E-state index contributed by atoms with van der Waals surface area (Å²) in [5.41, 5.74) is 3.42. The Morgan fingerprint density at radius 1 is 1.17 bits per heavy atom. The standard InChI is InChI=1S/C24H31N3O3/c1-16(2)14-25-23(28)19-7-10-22(17(3)13-19)26-24(29)27-12-11-20(15-27)18-5-8-21(30-4)9-6-18/h5-10,13,16,20H,11-12,14-15H2,1-4H3,(H,25,28)(H,26,29). The third kappa shape index (κ3) is 5.32. The van der Waals surface area contributed by atoms with Crippen LogP contribution in [0.3, 0.4) is 0 Å². The fourth-order valence-corrected chi connectivity index (χ4v) is 3.63. The van der Waals surface area contributed by atoms with Crippen LogP contribution in [0.25, 0.3) is 0 Å². The number of carbonyl (C=O) groups is 2. The van der Waals surface area contributed by atoms with Crippen LogP contribution in [0, 0.1) is 12.8 Å². The number of nitrogens with one attached hydrogen (secondary N) is 2. The summed E-state index contributed by atoms with van der Waals surface area (Å²) in [5.74, 6) is 1.47. The van der Waals surface area contributed by atoms with Crippen LogP contribution in [0.2, 0.25) is 0 Å². The average Bonchev–Trinajstić information content (AvgIpc) is 3.24. The molecular weight excluding hydrogens is 378 g/mol. The number of urea groups is 1. The van der Waals surface area contributed by atoms with E-state index in [4.69, 9.17) is 4.74 Å². The van der Waals surface area contributed by atoms with Crippen molar-refractivity contribution in [3.63, 3.8) is 0 Å². The Morgan fingerprint density at radius 2 is 1.90 bits per heavy atom. The molecule has 0 radical (unpaired) electrons. The molecule has 1 saturated heterocycles. The zero-order valence-corrected chi connectivity index (χ0v) is 18.2. The Balaban J connectivity index is 1.58. The molecule has 1 atom stereocenters. The molecule has 3 rings (SSSR count). The maximum atomic E-state index is 12.8. The molecule has 1 fully saturated rings. The molecule has 6 heteroatoms. The number of rotatable bonds is 6. The molecule has 160 valence electrons. The van der Waals surface area contributed by atoms with Gasteiger partial charge in [-0.3, -0.25) is 4.79 Å². The lowest BCUT2D eigenvalue weighted by molar-refractivity contribution is 0.0949. The van der Waals surface area contributed by atoms with Gasteiger partial charge in [0.25, 0.3) is 5.91 Å². The van der Waals surface area contributed by atoms with Gasteiger partial charge in [-0.15, -0.1) is 0 Å². The van der Waals surface area contributed by atoms with Gasteiger partial charge in [0.15, 0.2) is 0 Å². The molecule has 0 aromatic heterocycles. The average molecular weight is 410 g/mol. The highest BCUT2D eigenvalue weighted by Gasteiger charge is 2.27. The number of amides is 3. The van der Waals surface area contributed by atoms with Crippen molar-refractivity contribution >= 4 is 17.6 Å². The molecule has 1 unspecified atom stereocenters. The second kappa shape index (κ2) is 9.65. The number of hydrogen-bond donors (Lipinski definition) is 2. The van der Waals surface area contributed by atoms with Crippen LogP contribution < -0.4 is 15.4 Å². The van der Waals surface area contributed by atoms with Crippen LogP contribution in [-0.4, -0.2) is 43.6 Å². The van der Waals surface area contributed by atoms with E-state index in [1.807, 2.05) is 30.0 Å². The minimum atomic E-state index is -0.105. The number of aryl methyl sites for hydroxylation is 1. The van der Waals surface area contributed by atoms with Gasteiger partial charge in [0.2, 0.25) is 0 Å². The minimum Gasteiger partial charge on any atom is -0.497 e. The number of anilines is 1. The lowest BCUT2D eigenvalue weighted by Crippen LogP contribution is -2.33. The van der Waals surface area contributed by atoms with Crippen LogP contribution in [-0.2, 0) is 0 Å². The molecule has 0 aliphatic carbocycles. The van der Waals surface area contributed by atoms with Gasteiger partial charge in [0.05, 0.1) is 7.11 Å². The molecule has 3 amide bonds. The van der Waals surface area contributed by atoms with Gasteiger partial charge in [-0.05, 0) is 60.7 Å². The summed E-state index contributed by atoms with van der Waals surface area (Å²) in [6.45, 7) is 8.06. The monoisotopic (exact) mass is 409 g/mol. The Morgan fingerprint density at radius 3 is 2.53 bits per heavy atom. The second-order valence-corrected chi connectivity index (χ2v) is 8.27. The summed E-state index contributed by atoms with van der Waals surface area (Å²) in [7, 11) is 1.66. The zero-order chi connectivity index (χ0) is 21.7. The van der Waals surface area contributed by atoms with Gasteiger partial charge in [0.1, 0.15) is 5.75 Å². The molecule has 0 saturated carbocycles. The van der Waals surface area contributed by atoms with E-state index in [-0.39, 0.29) is 11.9 Å². The fourth-order valence-electron chi connectivity index (χ4n) is 3.63. The number of likely N-dealkylation sites (tertiary alicyclic amines) is 1. The quantitative estimate of drug-likeness (QED) is 0.742. The third-order valence-corrected chi connectivity index (χ3v) is 5.46. The first-order valence-corrected chi connectivity index (χ1v) is 10.5. The number of benzene rings is 2. The smallest absolute Gasteiger partial charge is 0.321 e. The summed E-state index contributed by atoms with van der Waals surface area (Å²) < 4.78 is 5.22. The predicted octanol–water partition coefficient (Wildman–Crippen LogP) is 4.41. The van der Waals surface area contributed by atoms with Crippen molar-refractivity contribution in [2.75, 3.05) is 32.1 Å². The highest BCUT2D eigenvalue weighted by Crippen LogP contribution is 2.29. The Hall–Kier alpha value is -3.02. The summed E-state index contributed by atoms with van der Waals surface area (Å²) in [4.78, 5) is 26.8. The Kier molecular flexibility index (Phi) is 6.98. The molecule has 2 N–H and O–H groups in total. The van der Waals surface area contributed by atoms with E-state index in [0.717, 1.165) is 30.0 Å². The number of methoxy groups -OCH3 is 1. The van der Waals surface area contributed by atoms with Crippen molar-refractivity contribution in [3.8, 4) is 5.75 Å². The second-order valence-electron chi connectivity index (χ2n) is 8.27. The van der Waals surface area contributed by atoms with Crippen molar-refractivity contribution < 1.29 is 14.3 Å². The van der Waals surface area contributed by atoms with Crippen LogP contribution in [0.1, 0.15) is 47.7 Å². The largest absolute Gasteiger partial charge is 0.497 e. The van der Waals surface area contributed by atoms with Crippen LogP contribution >= 0.6 is 0 Å². The summed E-state index contributed by atoms with van der Waals surface area (Å²) >= 11 is 0. The summed E-state index contributed by atoms with van der Waals surface area (Å²) in [5, 5.41) is 5.91. The van der Waals surface area contributed by atoms with Crippen molar-refractivity contribution in [2.45, 2.75) is 33.1 Å². The SMILES string of the molecule is COc1ccc(C2CCN(C(=O)Nc3ccc(C(=O)NCC(C)C)cc3C)C2)cc1. The highest BCUT2D eigenvalue weighted by molar-refractivity contribution is 5.96. The Bertz CT molecular complexity index is 893. The molecule has 0 bridgehead atoms. The third-order valence-electron chi connectivity index (χ3n) is 5.46. The van der Waals surface area contributed by atoms with E-state index >= 15 is 0 Å². The maximum Gasteiger partial charge on any atom is 0.321 e. The summed E-state index contributed by atoms with van der Waals surface area (Å²) in [6, 6.07) is 13.3. The maximum absolute atomic E-state index is 12.8. The predicted molar refractivity (Wildman–Crippen MR) is 119 cm³/mol. The van der Waals surface area contributed by atoms with Gasteiger partial charge in [-0.2, -0.15) is 0 Å². The lowest BCUT2D eigenvalue weighted by atomic mass is 9.98. The van der Waals surface area contributed by atoms with Crippen LogP contribution in [0.5, 0.6) is 5.75 Å². The van der Waals surface area contributed by atoms with Crippen molar-refractivity contribution in [3.05, 3.63) is 59.2 Å².